The summed E-state index contributed by atoms with van der Waals surface area (Å²) in [6.45, 7) is 5.75. The Balaban J connectivity index is 1.75. The van der Waals surface area contributed by atoms with Crippen molar-refractivity contribution in [2.75, 3.05) is 13.1 Å². The average molecular weight is 289 g/mol. The third kappa shape index (κ3) is 2.50. The molecule has 1 amide bonds. The maximum Gasteiger partial charge on any atom is 0.263 e. The standard InChI is InChI=1S/C15H19N3OS/c1-10-6-13(20-9-10)15(19)18-5-3-4-12(8-18)14-11(2)7-16-17-14/h6-7,9,12H,3-5,8H2,1-2H3,(H,16,17)/t12-/m0/s1. The minimum absolute atomic E-state index is 0.171. The molecule has 0 unspecified atom stereocenters. The number of carbonyl (C=O) groups is 1. The highest BCUT2D eigenvalue weighted by atomic mass is 32.1. The molecule has 0 spiro atoms. The number of hydrogen-bond acceptors (Lipinski definition) is 3. The van der Waals surface area contributed by atoms with E-state index in [-0.39, 0.29) is 5.91 Å². The second-order valence-corrected chi connectivity index (χ2v) is 6.46. The number of piperidine rings is 1. The molecule has 5 heteroatoms. The van der Waals surface area contributed by atoms with Crippen molar-refractivity contribution >= 4 is 17.2 Å². The first-order chi connectivity index (χ1) is 9.65. The van der Waals surface area contributed by atoms with Gasteiger partial charge in [0, 0.05) is 24.7 Å². The van der Waals surface area contributed by atoms with Gasteiger partial charge in [-0.05, 0) is 49.3 Å². The number of aromatic nitrogens is 2. The van der Waals surface area contributed by atoms with Gasteiger partial charge in [0.2, 0.25) is 0 Å². The number of thiophene rings is 1. The Kier molecular flexibility index (Phi) is 3.61. The number of aromatic amines is 1. The third-order valence-electron chi connectivity index (χ3n) is 3.93. The number of aryl methyl sites for hydroxylation is 2. The van der Waals surface area contributed by atoms with Crippen LogP contribution in [0, 0.1) is 13.8 Å². The number of nitrogens with one attached hydrogen (secondary N) is 1. The molecule has 0 aliphatic carbocycles. The van der Waals surface area contributed by atoms with Gasteiger partial charge < -0.3 is 4.90 Å². The van der Waals surface area contributed by atoms with Crippen LogP contribution in [0.1, 0.15) is 45.3 Å². The third-order valence-corrected chi connectivity index (χ3v) is 4.96. The number of carbonyl (C=O) groups excluding carboxylic acids is 1. The number of amides is 1. The fourth-order valence-corrected chi connectivity index (χ4v) is 3.73. The van der Waals surface area contributed by atoms with E-state index in [1.807, 2.05) is 29.5 Å². The van der Waals surface area contributed by atoms with Crippen molar-refractivity contribution in [3.05, 3.63) is 39.3 Å². The maximum atomic E-state index is 12.5. The molecule has 3 heterocycles. The molecule has 3 rings (SSSR count). The molecule has 1 fully saturated rings. The average Bonchev–Trinajstić information content (AvgIpc) is 3.07. The minimum atomic E-state index is 0.171. The molecular formula is C15H19N3OS. The van der Waals surface area contributed by atoms with Gasteiger partial charge in [0.1, 0.15) is 0 Å². The van der Waals surface area contributed by atoms with E-state index < -0.39 is 0 Å². The van der Waals surface area contributed by atoms with Gasteiger partial charge in [-0.2, -0.15) is 5.10 Å². The van der Waals surface area contributed by atoms with Crippen LogP contribution in [0.2, 0.25) is 0 Å². The maximum absolute atomic E-state index is 12.5. The highest BCUT2D eigenvalue weighted by molar-refractivity contribution is 7.12. The first kappa shape index (κ1) is 13.4. The van der Waals surface area contributed by atoms with Crippen molar-refractivity contribution in [2.24, 2.45) is 0 Å². The molecule has 0 aromatic carbocycles. The Morgan fingerprint density at radius 2 is 2.35 bits per heavy atom. The summed E-state index contributed by atoms with van der Waals surface area (Å²) in [6.07, 6.45) is 4.04. The molecule has 0 saturated carbocycles. The van der Waals surface area contributed by atoms with Gasteiger partial charge in [0.15, 0.2) is 0 Å². The first-order valence-electron chi connectivity index (χ1n) is 6.99. The summed E-state index contributed by atoms with van der Waals surface area (Å²) < 4.78 is 0. The molecule has 20 heavy (non-hydrogen) atoms. The number of H-pyrrole nitrogens is 1. The normalized spacial score (nSPS) is 19.3. The van der Waals surface area contributed by atoms with Gasteiger partial charge in [0.25, 0.3) is 5.91 Å². The Bertz CT molecular complexity index is 616. The number of rotatable bonds is 2. The summed E-state index contributed by atoms with van der Waals surface area (Å²) in [5.74, 6) is 0.557. The summed E-state index contributed by atoms with van der Waals surface area (Å²) in [5.41, 5.74) is 3.54. The lowest BCUT2D eigenvalue weighted by atomic mass is 9.93. The summed E-state index contributed by atoms with van der Waals surface area (Å²) in [5, 5.41) is 9.23. The van der Waals surface area contributed by atoms with Crippen molar-refractivity contribution in [1.82, 2.24) is 15.1 Å². The fraction of sp³-hybridized carbons (Fsp3) is 0.467. The van der Waals surface area contributed by atoms with E-state index in [0.29, 0.717) is 5.92 Å². The van der Waals surface area contributed by atoms with Crippen LogP contribution in [0.15, 0.2) is 17.6 Å². The summed E-state index contributed by atoms with van der Waals surface area (Å²) in [6, 6.07) is 1.98. The topological polar surface area (TPSA) is 49.0 Å². The molecule has 1 aliphatic rings. The molecule has 2 aromatic rings. The van der Waals surface area contributed by atoms with Crippen LogP contribution in [-0.4, -0.2) is 34.1 Å². The zero-order valence-corrected chi connectivity index (χ0v) is 12.7. The van der Waals surface area contributed by atoms with Gasteiger partial charge in [-0.15, -0.1) is 11.3 Å². The Labute approximate surface area is 122 Å². The highest BCUT2D eigenvalue weighted by Crippen LogP contribution is 2.29. The van der Waals surface area contributed by atoms with Crippen LogP contribution in [0.3, 0.4) is 0 Å². The van der Waals surface area contributed by atoms with Crippen LogP contribution < -0.4 is 0 Å². The molecule has 2 aromatic heterocycles. The summed E-state index contributed by atoms with van der Waals surface area (Å²) >= 11 is 1.54. The van der Waals surface area contributed by atoms with E-state index in [1.54, 1.807) is 11.3 Å². The van der Waals surface area contributed by atoms with Crippen LogP contribution >= 0.6 is 11.3 Å². The Morgan fingerprint density at radius 3 is 3.00 bits per heavy atom. The first-order valence-corrected chi connectivity index (χ1v) is 7.87. The van der Waals surface area contributed by atoms with E-state index in [1.165, 1.54) is 11.3 Å². The molecule has 1 saturated heterocycles. The Hall–Kier alpha value is -1.62. The molecule has 1 N–H and O–H groups in total. The van der Waals surface area contributed by atoms with Crippen LogP contribution in [0.25, 0.3) is 0 Å². The second kappa shape index (κ2) is 5.40. The van der Waals surface area contributed by atoms with E-state index in [2.05, 4.69) is 17.1 Å². The Morgan fingerprint density at radius 1 is 1.50 bits per heavy atom. The lowest BCUT2D eigenvalue weighted by molar-refractivity contribution is 0.0710. The van der Waals surface area contributed by atoms with Crippen LogP contribution in [0.4, 0.5) is 0 Å². The molecule has 0 radical (unpaired) electrons. The molecule has 1 atom stereocenters. The quantitative estimate of drug-likeness (QED) is 0.923. The molecular weight excluding hydrogens is 270 g/mol. The summed E-state index contributed by atoms with van der Waals surface area (Å²) in [7, 11) is 0. The van der Waals surface area contributed by atoms with Crippen molar-refractivity contribution < 1.29 is 4.79 Å². The predicted molar refractivity (Wildman–Crippen MR) is 80.3 cm³/mol. The minimum Gasteiger partial charge on any atom is -0.337 e. The summed E-state index contributed by atoms with van der Waals surface area (Å²) in [4.78, 5) is 15.4. The number of nitrogens with zero attached hydrogens (tertiary/aromatic N) is 2. The van der Waals surface area contributed by atoms with E-state index in [9.17, 15) is 4.79 Å². The van der Waals surface area contributed by atoms with Crippen molar-refractivity contribution in [2.45, 2.75) is 32.6 Å². The van der Waals surface area contributed by atoms with Gasteiger partial charge in [-0.25, -0.2) is 0 Å². The van der Waals surface area contributed by atoms with Gasteiger partial charge in [-0.3, -0.25) is 9.89 Å². The predicted octanol–water partition coefficient (Wildman–Crippen LogP) is 3.11. The van der Waals surface area contributed by atoms with E-state index in [0.717, 1.165) is 36.4 Å². The largest absolute Gasteiger partial charge is 0.337 e. The SMILES string of the molecule is Cc1csc(C(=O)N2CCC[C@H](c3[nH]ncc3C)C2)c1. The molecule has 106 valence electrons. The van der Waals surface area contributed by atoms with E-state index in [4.69, 9.17) is 0 Å². The lowest BCUT2D eigenvalue weighted by Crippen LogP contribution is -2.39. The number of likely N-dealkylation sites (tertiary alicyclic amines) is 1. The molecule has 0 bridgehead atoms. The van der Waals surface area contributed by atoms with Crippen molar-refractivity contribution in [1.29, 1.82) is 0 Å². The fourth-order valence-electron chi connectivity index (χ4n) is 2.87. The van der Waals surface area contributed by atoms with Crippen LogP contribution in [0.5, 0.6) is 0 Å². The van der Waals surface area contributed by atoms with Gasteiger partial charge in [0.05, 0.1) is 11.1 Å². The van der Waals surface area contributed by atoms with Gasteiger partial charge in [-0.1, -0.05) is 0 Å². The monoisotopic (exact) mass is 289 g/mol. The molecule has 1 aliphatic heterocycles. The van der Waals surface area contributed by atoms with Crippen LogP contribution in [-0.2, 0) is 0 Å². The smallest absolute Gasteiger partial charge is 0.263 e. The van der Waals surface area contributed by atoms with Gasteiger partial charge >= 0.3 is 0 Å². The van der Waals surface area contributed by atoms with E-state index >= 15 is 0 Å². The number of hydrogen-bond donors (Lipinski definition) is 1. The zero-order valence-electron chi connectivity index (χ0n) is 11.8. The molecule has 4 nitrogen and oxygen atoms in total. The zero-order chi connectivity index (χ0) is 14.1. The lowest BCUT2D eigenvalue weighted by Gasteiger charge is -2.32. The van der Waals surface area contributed by atoms with Crippen molar-refractivity contribution in [3.8, 4) is 0 Å². The van der Waals surface area contributed by atoms with Crippen molar-refractivity contribution in [3.63, 3.8) is 0 Å². The second-order valence-electron chi connectivity index (χ2n) is 5.55. The highest BCUT2D eigenvalue weighted by Gasteiger charge is 2.27.